The summed E-state index contributed by atoms with van der Waals surface area (Å²) in [6, 6.07) is 9.50. The minimum atomic E-state index is -3.80. The molecule has 3 rings (SSSR count). The Balaban J connectivity index is 1.65. The van der Waals surface area contributed by atoms with E-state index in [9.17, 15) is 13.2 Å². The third-order valence-corrected chi connectivity index (χ3v) is 4.99. The Morgan fingerprint density at radius 2 is 1.77 bits per heavy atom. The maximum Gasteiger partial charge on any atom is 0.335 e. The van der Waals surface area contributed by atoms with Crippen LogP contribution in [0.25, 0.3) is 0 Å². The quantitative estimate of drug-likeness (QED) is 0.682. The molecule has 2 heterocycles. The summed E-state index contributed by atoms with van der Waals surface area (Å²) in [7, 11) is -3.80. The third kappa shape index (κ3) is 4.44. The van der Waals surface area contributed by atoms with Gasteiger partial charge in [0.2, 0.25) is 15.7 Å². The zero-order chi connectivity index (χ0) is 18.6. The average Bonchev–Trinajstić information content (AvgIpc) is 3.12. The van der Waals surface area contributed by atoms with Crippen molar-refractivity contribution in [3.05, 3.63) is 70.8 Å². The van der Waals surface area contributed by atoms with Gasteiger partial charge in [0.15, 0.2) is 0 Å². The lowest BCUT2D eigenvalue weighted by atomic mass is 10.2. The van der Waals surface area contributed by atoms with Crippen LogP contribution in [0.5, 0.6) is 0 Å². The van der Waals surface area contributed by atoms with Gasteiger partial charge in [-0.2, -0.15) is 0 Å². The van der Waals surface area contributed by atoms with Gasteiger partial charge in [-0.3, -0.25) is 9.78 Å². The number of carbonyl (C=O) groups excluding carboxylic acids is 1. The smallest absolute Gasteiger partial charge is 0.335 e. The van der Waals surface area contributed by atoms with Crippen molar-refractivity contribution in [1.29, 1.82) is 0 Å². The number of rotatable bonds is 6. The first kappa shape index (κ1) is 18.0. The molecule has 1 N–H and O–H groups in total. The molecule has 0 aliphatic rings. The lowest BCUT2D eigenvalue weighted by Crippen LogP contribution is -2.22. The van der Waals surface area contributed by atoms with Crippen LogP contribution >= 0.6 is 11.6 Å². The normalized spacial score (nSPS) is 11.3. The molecule has 0 fully saturated rings. The van der Waals surface area contributed by atoms with Crippen LogP contribution in [0.3, 0.4) is 0 Å². The van der Waals surface area contributed by atoms with Crippen molar-refractivity contribution < 1.29 is 17.6 Å². The Labute approximate surface area is 154 Å². The molecule has 0 saturated carbocycles. The number of hydrogen-bond acceptors (Lipinski definition) is 7. The van der Waals surface area contributed by atoms with Gasteiger partial charge in [0.1, 0.15) is 0 Å². The summed E-state index contributed by atoms with van der Waals surface area (Å²) in [5.41, 5.74) is 0.954. The molecule has 0 aliphatic carbocycles. The second kappa shape index (κ2) is 7.63. The van der Waals surface area contributed by atoms with Crippen LogP contribution in [-0.2, 0) is 22.1 Å². The van der Waals surface area contributed by atoms with Gasteiger partial charge >= 0.3 is 5.22 Å². The van der Waals surface area contributed by atoms with Gasteiger partial charge in [-0.25, -0.2) is 8.42 Å². The molecule has 8 nitrogen and oxygen atoms in total. The summed E-state index contributed by atoms with van der Waals surface area (Å²) in [5.74, 6) is -0.673. The van der Waals surface area contributed by atoms with E-state index in [1.165, 1.54) is 12.4 Å². The minimum absolute atomic E-state index is 0.0120. The standard InChI is InChI=1S/C16H13ClN4O4S/c17-13-3-1-11(2-4-13)10-26(23,24)16-21-20-14(25-16)9-19-15(22)12-5-7-18-8-6-12/h1-8H,9-10H2,(H,19,22). The monoisotopic (exact) mass is 392 g/mol. The summed E-state index contributed by atoms with van der Waals surface area (Å²) < 4.78 is 29.8. The first-order valence-corrected chi connectivity index (χ1v) is 9.45. The molecule has 0 radical (unpaired) electrons. The van der Waals surface area contributed by atoms with Crippen LogP contribution < -0.4 is 5.32 Å². The van der Waals surface area contributed by atoms with Crippen molar-refractivity contribution in [2.75, 3.05) is 0 Å². The molecule has 0 aliphatic heterocycles. The number of nitrogens with one attached hydrogen (secondary N) is 1. The van der Waals surface area contributed by atoms with E-state index < -0.39 is 15.1 Å². The minimum Gasteiger partial charge on any atom is -0.411 e. The Morgan fingerprint density at radius 1 is 1.08 bits per heavy atom. The van der Waals surface area contributed by atoms with Gasteiger partial charge in [0.25, 0.3) is 5.91 Å². The number of benzene rings is 1. The number of pyridine rings is 1. The molecule has 0 bridgehead atoms. The van der Waals surface area contributed by atoms with Gasteiger partial charge < -0.3 is 9.73 Å². The van der Waals surface area contributed by atoms with E-state index in [-0.39, 0.29) is 24.1 Å². The second-order valence-corrected chi connectivity index (χ2v) is 7.57. The van der Waals surface area contributed by atoms with Crippen molar-refractivity contribution in [3.8, 4) is 0 Å². The molecular formula is C16H13ClN4O4S. The number of sulfone groups is 1. The van der Waals surface area contributed by atoms with Crippen molar-refractivity contribution in [2.24, 2.45) is 0 Å². The van der Waals surface area contributed by atoms with Gasteiger partial charge in [0, 0.05) is 23.0 Å². The van der Waals surface area contributed by atoms with Crippen LogP contribution in [0, 0.1) is 0 Å². The number of halogens is 1. The first-order chi connectivity index (χ1) is 12.4. The van der Waals surface area contributed by atoms with Crippen LogP contribution in [-0.4, -0.2) is 29.5 Å². The number of hydrogen-bond donors (Lipinski definition) is 1. The highest BCUT2D eigenvalue weighted by Gasteiger charge is 2.23. The van der Waals surface area contributed by atoms with E-state index in [1.807, 2.05) is 0 Å². The molecule has 1 aromatic carbocycles. The number of nitrogens with zero attached hydrogens (tertiary/aromatic N) is 3. The Hall–Kier alpha value is -2.78. The molecule has 26 heavy (non-hydrogen) atoms. The van der Waals surface area contributed by atoms with E-state index >= 15 is 0 Å². The predicted molar refractivity (Wildman–Crippen MR) is 92.0 cm³/mol. The second-order valence-electron chi connectivity index (χ2n) is 5.27. The highest BCUT2D eigenvalue weighted by atomic mass is 35.5. The van der Waals surface area contributed by atoms with E-state index in [0.717, 1.165) is 0 Å². The highest BCUT2D eigenvalue weighted by Crippen LogP contribution is 2.17. The average molecular weight is 393 g/mol. The van der Waals surface area contributed by atoms with Crippen LogP contribution in [0.15, 0.2) is 58.4 Å². The van der Waals surface area contributed by atoms with Crippen LogP contribution in [0.1, 0.15) is 21.8 Å². The molecule has 0 spiro atoms. The van der Waals surface area contributed by atoms with Crippen molar-refractivity contribution in [1.82, 2.24) is 20.5 Å². The van der Waals surface area contributed by atoms with E-state index in [4.69, 9.17) is 16.0 Å². The maximum absolute atomic E-state index is 12.3. The zero-order valence-corrected chi connectivity index (χ0v) is 14.9. The SMILES string of the molecule is O=C(NCc1nnc(S(=O)(=O)Cc2ccc(Cl)cc2)o1)c1ccncc1. The fraction of sp³-hybridized carbons (Fsp3) is 0.125. The maximum atomic E-state index is 12.3. The lowest BCUT2D eigenvalue weighted by Gasteiger charge is -2.02. The van der Waals surface area contributed by atoms with E-state index in [0.29, 0.717) is 16.1 Å². The molecule has 3 aromatic rings. The van der Waals surface area contributed by atoms with E-state index in [2.05, 4.69) is 20.5 Å². The summed E-state index contributed by atoms with van der Waals surface area (Å²) >= 11 is 5.78. The van der Waals surface area contributed by atoms with Crippen molar-refractivity contribution in [2.45, 2.75) is 17.5 Å². The van der Waals surface area contributed by atoms with Gasteiger partial charge in [-0.05, 0) is 29.8 Å². The molecule has 1 amide bonds. The lowest BCUT2D eigenvalue weighted by molar-refractivity contribution is 0.0946. The van der Waals surface area contributed by atoms with Crippen LogP contribution in [0.2, 0.25) is 5.02 Å². The van der Waals surface area contributed by atoms with Crippen molar-refractivity contribution >= 4 is 27.3 Å². The largest absolute Gasteiger partial charge is 0.411 e. The fourth-order valence-corrected chi connectivity index (χ4v) is 3.33. The highest BCUT2D eigenvalue weighted by molar-refractivity contribution is 7.90. The Morgan fingerprint density at radius 3 is 2.46 bits per heavy atom. The summed E-state index contributed by atoms with van der Waals surface area (Å²) in [6.45, 7) is -0.0926. The third-order valence-electron chi connectivity index (χ3n) is 3.33. The Bertz CT molecular complexity index is 1000. The molecule has 10 heteroatoms. The number of carbonyl (C=O) groups is 1. The fourth-order valence-electron chi connectivity index (χ4n) is 2.06. The summed E-state index contributed by atoms with van der Waals surface area (Å²) in [6.07, 6.45) is 2.98. The Kier molecular flexibility index (Phi) is 5.29. The molecule has 0 unspecified atom stereocenters. The molecule has 134 valence electrons. The predicted octanol–water partition coefficient (Wildman–Crippen LogP) is 2.02. The van der Waals surface area contributed by atoms with Gasteiger partial charge in [0.05, 0.1) is 12.3 Å². The first-order valence-electron chi connectivity index (χ1n) is 7.42. The summed E-state index contributed by atoms with van der Waals surface area (Å²) in [4.78, 5) is 15.8. The zero-order valence-electron chi connectivity index (χ0n) is 13.3. The number of aromatic nitrogens is 3. The number of amides is 1. The summed E-state index contributed by atoms with van der Waals surface area (Å²) in [5, 5.41) is 9.79. The van der Waals surface area contributed by atoms with Gasteiger partial charge in [-0.1, -0.05) is 28.8 Å². The van der Waals surface area contributed by atoms with Crippen LogP contribution in [0.4, 0.5) is 0 Å². The molecule has 0 saturated heterocycles. The molecule has 2 aromatic heterocycles. The van der Waals surface area contributed by atoms with Gasteiger partial charge in [-0.15, -0.1) is 5.10 Å². The van der Waals surface area contributed by atoms with E-state index in [1.54, 1.807) is 36.4 Å². The topological polar surface area (TPSA) is 115 Å². The van der Waals surface area contributed by atoms with Crippen molar-refractivity contribution in [3.63, 3.8) is 0 Å². The molecular weight excluding hydrogens is 380 g/mol. The molecule has 0 atom stereocenters.